The Kier molecular flexibility index (Phi) is 5.26. The van der Waals surface area contributed by atoms with Crippen molar-refractivity contribution in [1.82, 2.24) is 0 Å². The van der Waals surface area contributed by atoms with Gasteiger partial charge < -0.3 is 9.47 Å². The molecule has 0 aromatic heterocycles. The van der Waals surface area contributed by atoms with Gasteiger partial charge in [-0.3, -0.25) is 25.0 Å². The van der Waals surface area contributed by atoms with Gasteiger partial charge in [0.25, 0.3) is 21.4 Å². The van der Waals surface area contributed by atoms with Crippen LogP contribution in [0.2, 0.25) is 0 Å². The van der Waals surface area contributed by atoms with E-state index in [4.69, 9.17) is 9.47 Å². The fraction of sp³-hybridized carbons (Fsp3) is 0.143. The zero-order valence-electron chi connectivity index (χ0n) is 13.5. The molecule has 0 spiro atoms. The van der Waals surface area contributed by atoms with Crippen molar-refractivity contribution in [3.05, 3.63) is 56.6 Å². The van der Waals surface area contributed by atoms with Crippen LogP contribution < -0.4 is 14.2 Å². The Balaban J connectivity index is 2.55. The Morgan fingerprint density at radius 3 is 2.19 bits per heavy atom. The number of sulfonamides is 1. The smallest absolute Gasteiger partial charge is 0.293 e. The molecule has 26 heavy (non-hydrogen) atoms. The summed E-state index contributed by atoms with van der Waals surface area (Å²) < 4.78 is 37.1. The number of methoxy groups -OCH3 is 2. The summed E-state index contributed by atoms with van der Waals surface area (Å²) in [7, 11) is -1.92. The summed E-state index contributed by atoms with van der Waals surface area (Å²) in [5.41, 5.74) is -1.32. The molecule has 0 bridgehead atoms. The topological polar surface area (TPSA) is 151 Å². The molecule has 0 saturated carbocycles. The normalized spacial score (nSPS) is 10.8. The van der Waals surface area contributed by atoms with E-state index in [9.17, 15) is 28.6 Å². The largest absolute Gasteiger partial charge is 0.497 e. The van der Waals surface area contributed by atoms with E-state index in [1.165, 1.54) is 26.4 Å². The maximum absolute atomic E-state index is 12.6. The van der Waals surface area contributed by atoms with Gasteiger partial charge in [-0.25, -0.2) is 8.42 Å². The molecule has 0 atom stereocenters. The van der Waals surface area contributed by atoms with E-state index >= 15 is 0 Å². The molecule has 0 radical (unpaired) electrons. The maximum Gasteiger partial charge on any atom is 0.293 e. The number of anilines is 1. The average Bonchev–Trinajstić information content (AvgIpc) is 2.60. The van der Waals surface area contributed by atoms with E-state index in [1.807, 2.05) is 0 Å². The van der Waals surface area contributed by atoms with Gasteiger partial charge in [0.15, 0.2) is 4.90 Å². The molecule has 0 unspecified atom stereocenters. The number of nitrogens with zero attached hydrogens (tertiary/aromatic N) is 2. The Hall–Kier alpha value is -3.41. The van der Waals surface area contributed by atoms with Gasteiger partial charge in [-0.1, -0.05) is 0 Å². The molecular weight excluding hydrogens is 370 g/mol. The zero-order chi connectivity index (χ0) is 19.5. The van der Waals surface area contributed by atoms with Gasteiger partial charge in [0.1, 0.15) is 11.5 Å². The molecule has 2 aromatic carbocycles. The quantitative estimate of drug-likeness (QED) is 0.565. The second-order valence-electron chi connectivity index (χ2n) is 4.84. The van der Waals surface area contributed by atoms with Crippen LogP contribution in [0, 0.1) is 20.2 Å². The minimum atomic E-state index is -4.44. The Morgan fingerprint density at radius 1 is 0.962 bits per heavy atom. The second kappa shape index (κ2) is 7.23. The number of nitro benzene ring substituents is 2. The number of rotatable bonds is 7. The van der Waals surface area contributed by atoms with Crippen LogP contribution in [0.25, 0.3) is 0 Å². The van der Waals surface area contributed by atoms with Gasteiger partial charge >= 0.3 is 0 Å². The first-order chi connectivity index (χ1) is 12.2. The molecule has 0 aliphatic heterocycles. The summed E-state index contributed by atoms with van der Waals surface area (Å²) >= 11 is 0. The van der Waals surface area contributed by atoms with Crippen molar-refractivity contribution in [2.24, 2.45) is 0 Å². The van der Waals surface area contributed by atoms with Crippen molar-refractivity contribution < 1.29 is 27.7 Å². The molecule has 0 aliphatic rings. The van der Waals surface area contributed by atoms with Gasteiger partial charge in [0.2, 0.25) is 0 Å². The minimum absolute atomic E-state index is 0.00957. The first kappa shape index (κ1) is 18.9. The molecule has 0 saturated heterocycles. The fourth-order valence-corrected chi connectivity index (χ4v) is 3.30. The molecule has 0 aliphatic carbocycles. The lowest BCUT2D eigenvalue weighted by atomic mass is 10.2. The molecule has 11 nitrogen and oxygen atoms in total. The van der Waals surface area contributed by atoms with Gasteiger partial charge in [-0.2, -0.15) is 0 Å². The lowest BCUT2D eigenvalue weighted by Crippen LogP contribution is -2.15. The van der Waals surface area contributed by atoms with E-state index < -0.39 is 30.5 Å². The van der Waals surface area contributed by atoms with Crippen molar-refractivity contribution in [2.75, 3.05) is 18.9 Å². The highest BCUT2D eigenvalue weighted by atomic mass is 32.2. The van der Waals surface area contributed by atoms with Crippen molar-refractivity contribution in [2.45, 2.75) is 4.90 Å². The van der Waals surface area contributed by atoms with E-state index in [2.05, 4.69) is 4.72 Å². The molecule has 2 aromatic rings. The number of hydrogen-bond acceptors (Lipinski definition) is 8. The number of ether oxygens (including phenoxy) is 2. The number of nitrogens with one attached hydrogen (secondary N) is 1. The second-order valence-corrected chi connectivity index (χ2v) is 6.49. The highest BCUT2D eigenvalue weighted by Crippen LogP contribution is 2.34. The van der Waals surface area contributed by atoms with Crippen molar-refractivity contribution in [3.63, 3.8) is 0 Å². The van der Waals surface area contributed by atoms with Crippen molar-refractivity contribution >= 4 is 27.1 Å². The Morgan fingerprint density at radius 2 is 1.65 bits per heavy atom. The molecule has 12 heteroatoms. The molecular formula is C14H13N3O8S. The third kappa shape index (κ3) is 3.80. The first-order valence-electron chi connectivity index (χ1n) is 6.87. The summed E-state index contributed by atoms with van der Waals surface area (Å²) in [5, 5.41) is 22.1. The van der Waals surface area contributed by atoms with Crippen LogP contribution in [0.5, 0.6) is 11.5 Å². The number of benzene rings is 2. The van der Waals surface area contributed by atoms with Gasteiger partial charge in [-0.15, -0.1) is 0 Å². The summed E-state index contributed by atoms with van der Waals surface area (Å²) in [6.07, 6.45) is 0. The van der Waals surface area contributed by atoms with Crippen LogP contribution in [0.15, 0.2) is 41.3 Å². The van der Waals surface area contributed by atoms with E-state index in [1.54, 1.807) is 0 Å². The number of nitro groups is 2. The van der Waals surface area contributed by atoms with Gasteiger partial charge in [0, 0.05) is 12.1 Å². The van der Waals surface area contributed by atoms with Crippen LogP contribution in [0.3, 0.4) is 0 Å². The average molecular weight is 383 g/mol. The molecule has 1 N–H and O–H groups in total. The summed E-state index contributed by atoms with van der Waals surface area (Å²) in [4.78, 5) is 19.9. The van der Waals surface area contributed by atoms with Crippen LogP contribution >= 0.6 is 0 Å². The van der Waals surface area contributed by atoms with E-state index in [0.29, 0.717) is 0 Å². The fourth-order valence-electron chi connectivity index (χ4n) is 2.08. The van der Waals surface area contributed by atoms with Gasteiger partial charge in [0.05, 0.1) is 35.8 Å². The molecule has 0 amide bonds. The SMILES string of the molecule is COc1ccc(S(=O)(=O)Nc2cc([N+](=O)[O-])ccc2OC)c([N+](=O)[O-])c1. The third-order valence-corrected chi connectivity index (χ3v) is 4.70. The number of hydrogen-bond donors (Lipinski definition) is 1. The van der Waals surface area contributed by atoms with Crippen LogP contribution in [-0.2, 0) is 10.0 Å². The maximum atomic E-state index is 12.6. The lowest BCUT2D eigenvalue weighted by molar-refractivity contribution is -0.387. The molecule has 0 heterocycles. The van der Waals surface area contributed by atoms with Crippen molar-refractivity contribution in [3.8, 4) is 11.5 Å². The van der Waals surface area contributed by atoms with Crippen molar-refractivity contribution in [1.29, 1.82) is 0 Å². The summed E-state index contributed by atoms with van der Waals surface area (Å²) in [5.74, 6) is 0.110. The monoisotopic (exact) mass is 383 g/mol. The first-order valence-corrected chi connectivity index (χ1v) is 8.35. The minimum Gasteiger partial charge on any atom is -0.497 e. The predicted octanol–water partition coefficient (Wildman–Crippen LogP) is 2.32. The van der Waals surface area contributed by atoms with Crippen LogP contribution in [-0.4, -0.2) is 32.5 Å². The Bertz CT molecular complexity index is 974. The summed E-state index contributed by atoms with van der Waals surface area (Å²) in [6.45, 7) is 0. The highest BCUT2D eigenvalue weighted by Gasteiger charge is 2.28. The molecule has 2 rings (SSSR count). The predicted molar refractivity (Wildman–Crippen MR) is 90.1 cm³/mol. The standard InChI is InChI=1S/C14H13N3O8S/c1-24-10-4-6-14(12(8-10)17(20)21)26(22,23)15-11-7-9(16(18)19)3-5-13(11)25-2/h3-8,15H,1-2H3. The third-order valence-electron chi connectivity index (χ3n) is 3.29. The lowest BCUT2D eigenvalue weighted by Gasteiger charge is -2.12. The van der Waals surface area contributed by atoms with Crippen LogP contribution in [0.4, 0.5) is 17.1 Å². The molecule has 138 valence electrons. The summed E-state index contributed by atoms with van der Waals surface area (Å²) in [6, 6.07) is 6.49. The van der Waals surface area contributed by atoms with Gasteiger partial charge in [-0.05, 0) is 18.2 Å². The van der Waals surface area contributed by atoms with E-state index in [0.717, 1.165) is 24.3 Å². The van der Waals surface area contributed by atoms with Crippen LogP contribution in [0.1, 0.15) is 0 Å². The Labute approximate surface area is 147 Å². The van der Waals surface area contributed by atoms with E-state index in [-0.39, 0.29) is 22.9 Å². The number of non-ortho nitro benzene ring substituents is 1. The zero-order valence-corrected chi connectivity index (χ0v) is 14.3. The molecule has 0 fully saturated rings. The highest BCUT2D eigenvalue weighted by molar-refractivity contribution is 7.92.